The third-order valence-corrected chi connectivity index (χ3v) is 4.46. The summed E-state index contributed by atoms with van der Waals surface area (Å²) in [5.41, 5.74) is 3.42. The average Bonchev–Trinajstić information content (AvgIpc) is 3.02. The van der Waals surface area contributed by atoms with Gasteiger partial charge in [-0.15, -0.1) is 0 Å². The van der Waals surface area contributed by atoms with Gasteiger partial charge < -0.3 is 15.0 Å². The fraction of sp³-hybridized carbons (Fsp3) is 0.474. The Kier molecular flexibility index (Phi) is 5.18. The highest BCUT2D eigenvalue weighted by Gasteiger charge is 2.20. The largest absolute Gasteiger partial charge is 0.480 e. The molecule has 1 amide bonds. The molecule has 0 bridgehead atoms. The van der Waals surface area contributed by atoms with Gasteiger partial charge in [-0.25, -0.2) is 4.98 Å². The van der Waals surface area contributed by atoms with Gasteiger partial charge in [0.2, 0.25) is 0 Å². The number of para-hydroxylation sites is 1. The Bertz CT molecular complexity index is 685. The van der Waals surface area contributed by atoms with Crippen molar-refractivity contribution in [1.29, 1.82) is 0 Å². The van der Waals surface area contributed by atoms with Gasteiger partial charge in [0.1, 0.15) is 11.6 Å². The Hall–Kier alpha value is -2.30. The van der Waals surface area contributed by atoms with Gasteiger partial charge in [0.05, 0.1) is 12.2 Å². The van der Waals surface area contributed by atoms with E-state index in [1.165, 1.54) is 18.5 Å². The van der Waals surface area contributed by atoms with Crippen LogP contribution in [0, 0.1) is 6.92 Å². The lowest BCUT2D eigenvalue weighted by atomic mass is 10.0. The number of benzene rings is 1. The van der Waals surface area contributed by atoms with E-state index in [1.807, 2.05) is 38.1 Å². The van der Waals surface area contributed by atoms with Gasteiger partial charge in [0.15, 0.2) is 6.10 Å². The third kappa shape index (κ3) is 3.78. The molecule has 2 N–H and O–H groups in total. The second-order valence-corrected chi connectivity index (χ2v) is 6.31. The molecule has 1 aromatic carbocycles. The molecule has 5 heteroatoms. The molecule has 128 valence electrons. The first-order chi connectivity index (χ1) is 11.7. The minimum absolute atomic E-state index is 0.102. The van der Waals surface area contributed by atoms with Gasteiger partial charge >= 0.3 is 0 Å². The second-order valence-electron chi connectivity index (χ2n) is 6.31. The van der Waals surface area contributed by atoms with Crippen LogP contribution in [0.5, 0.6) is 5.75 Å². The Labute approximate surface area is 142 Å². The van der Waals surface area contributed by atoms with Crippen LogP contribution >= 0.6 is 0 Å². The topological polar surface area (TPSA) is 67.0 Å². The van der Waals surface area contributed by atoms with E-state index in [4.69, 9.17) is 4.74 Å². The first-order valence-corrected chi connectivity index (χ1v) is 8.74. The van der Waals surface area contributed by atoms with E-state index in [-0.39, 0.29) is 5.91 Å². The molecule has 0 saturated carbocycles. The fourth-order valence-corrected chi connectivity index (χ4v) is 3.05. The SMILES string of the molecule is CCC(Oc1ccccc1C)C(=O)NCc1nc2c([nH]1)CCCC2. The highest BCUT2D eigenvalue weighted by molar-refractivity contribution is 5.81. The lowest BCUT2D eigenvalue weighted by Gasteiger charge is -2.18. The highest BCUT2D eigenvalue weighted by atomic mass is 16.5. The number of carbonyl (C=O) groups is 1. The fourth-order valence-electron chi connectivity index (χ4n) is 3.05. The Morgan fingerprint density at radius 3 is 2.88 bits per heavy atom. The molecule has 3 rings (SSSR count). The highest BCUT2D eigenvalue weighted by Crippen LogP contribution is 2.20. The van der Waals surface area contributed by atoms with E-state index in [2.05, 4.69) is 15.3 Å². The molecule has 0 aliphatic heterocycles. The summed E-state index contributed by atoms with van der Waals surface area (Å²) < 4.78 is 5.88. The monoisotopic (exact) mass is 327 g/mol. The molecular weight excluding hydrogens is 302 g/mol. The van der Waals surface area contributed by atoms with Gasteiger partial charge in [-0.05, 0) is 50.7 Å². The summed E-state index contributed by atoms with van der Waals surface area (Å²) in [7, 11) is 0. The van der Waals surface area contributed by atoms with Crippen LogP contribution in [-0.2, 0) is 24.2 Å². The second kappa shape index (κ2) is 7.51. The maximum Gasteiger partial charge on any atom is 0.261 e. The van der Waals surface area contributed by atoms with Crippen LogP contribution in [0.4, 0.5) is 0 Å². The van der Waals surface area contributed by atoms with Crippen LogP contribution < -0.4 is 10.1 Å². The van der Waals surface area contributed by atoms with Crippen LogP contribution in [0.1, 0.15) is 49.0 Å². The number of nitrogens with one attached hydrogen (secondary N) is 2. The minimum Gasteiger partial charge on any atom is -0.480 e. The number of fused-ring (bicyclic) bond motifs is 1. The number of ether oxygens (including phenoxy) is 1. The zero-order valence-corrected chi connectivity index (χ0v) is 14.4. The molecule has 1 heterocycles. The van der Waals surface area contributed by atoms with E-state index in [0.29, 0.717) is 13.0 Å². The number of hydrogen-bond acceptors (Lipinski definition) is 3. The molecule has 0 fully saturated rings. The van der Waals surface area contributed by atoms with Crippen molar-refractivity contribution in [2.45, 2.75) is 58.6 Å². The van der Waals surface area contributed by atoms with Gasteiger partial charge in [-0.1, -0.05) is 25.1 Å². The molecule has 1 aromatic heterocycles. The minimum atomic E-state index is -0.490. The normalized spacial score (nSPS) is 14.8. The molecule has 0 saturated heterocycles. The molecular formula is C19H25N3O2. The predicted octanol–water partition coefficient (Wildman–Crippen LogP) is 3.07. The van der Waals surface area contributed by atoms with Gasteiger partial charge in [0, 0.05) is 5.69 Å². The van der Waals surface area contributed by atoms with Crippen molar-refractivity contribution in [3.05, 3.63) is 47.0 Å². The Morgan fingerprint density at radius 2 is 2.12 bits per heavy atom. The number of aryl methyl sites for hydroxylation is 3. The van der Waals surface area contributed by atoms with Crippen LogP contribution in [0.3, 0.4) is 0 Å². The van der Waals surface area contributed by atoms with E-state index in [1.54, 1.807) is 0 Å². The van der Waals surface area contributed by atoms with Crippen molar-refractivity contribution in [1.82, 2.24) is 15.3 Å². The first kappa shape index (κ1) is 16.6. The Balaban J connectivity index is 1.58. The number of hydrogen-bond donors (Lipinski definition) is 2. The number of nitrogens with zero attached hydrogens (tertiary/aromatic N) is 1. The molecule has 2 aromatic rings. The number of amides is 1. The summed E-state index contributed by atoms with van der Waals surface area (Å²) >= 11 is 0. The van der Waals surface area contributed by atoms with Crippen molar-refractivity contribution in [3.63, 3.8) is 0 Å². The lowest BCUT2D eigenvalue weighted by Crippen LogP contribution is -2.38. The van der Waals surface area contributed by atoms with E-state index < -0.39 is 6.10 Å². The van der Waals surface area contributed by atoms with E-state index in [0.717, 1.165) is 35.7 Å². The molecule has 1 aliphatic carbocycles. The van der Waals surface area contributed by atoms with Gasteiger partial charge in [-0.3, -0.25) is 4.79 Å². The van der Waals surface area contributed by atoms with Gasteiger partial charge in [0.25, 0.3) is 5.91 Å². The number of rotatable bonds is 6. The van der Waals surface area contributed by atoms with Gasteiger partial charge in [-0.2, -0.15) is 0 Å². The Morgan fingerprint density at radius 1 is 1.33 bits per heavy atom. The van der Waals surface area contributed by atoms with Crippen molar-refractivity contribution >= 4 is 5.91 Å². The maximum absolute atomic E-state index is 12.4. The third-order valence-electron chi connectivity index (χ3n) is 4.46. The zero-order valence-electron chi connectivity index (χ0n) is 14.4. The van der Waals surface area contributed by atoms with Crippen molar-refractivity contribution in [3.8, 4) is 5.75 Å². The lowest BCUT2D eigenvalue weighted by molar-refractivity contribution is -0.128. The quantitative estimate of drug-likeness (QED) is 0.857. The molecule has 1 atom stereocenters. The van der Waals surface area contributed by atoms with Crippen molar-refractivity contribution < 1.29 is 9.53 Å². The predicted molar refractivity (Wildman–Crippen MR) is 93.0 cm³/mol. The molecule has 1 aliphatic rings. The molecule has 0 radical (unpaired) electrons. The molecule has 0 spiro atoms. The summed E-state index contributed by atoms with van der Waals surface area (Å²) in [5, 5.41) is 2.94. The smallest absolute Gasteiger partial charge is 0.261 e. The summed E-state index contributed by atoms with van der Waals surface area (Å²) in [4.78, 5) is 20.4. The number of imidazole rings is 1. The zero-order chi connectivity index (χ0) is 16.9. The number of carbonyl (C=O) groups excluding carboxylic acids is 1. The van der Waals surface area contributed by atoms with Crippen LogP contribution in [0.25, 0.3) is 0 Å². The first-order valence-electron chi connectivity index (χ1n) is 8.74. The molecule has 24 heavy (non-hydrogen) atoms. The summed E-state index contributed by atoms with van der Waals surface area (Å²) in [6.07, 6.45) is 4.64. The summed E-state index contributed by atoms with van der Waals surface area (Å²) in [6.45, 7) is 4.35. The molecule has 5 nitrogen and oxygen atoms in total. The number of aromatic amines is 1. The summed E-state index contributed by atoms with van der Waals surface area (Å²) in [5.74, 6) is 1.49. The number of H-pyrrole nitrogens is 1. The van der Waals surface area contributed by atoms with Crippen LogP contribution in [0.15, 0.2) is 24.3 Å². The average molecular weight is 327 g/mol. The van der Waals surface area contributed by atoms with E-state index >= 15 is 0 Å². The molecule has 1 unspecified atom stereocenters. The van der Waals surface area contributed by atoms with E-state index in [9.17, 15) is 4.79 Å². The van der Waals surface area contributed by atoms with Crippen molar-refractivity contribution in [2.24, 2.45) is 0 Å². The van der Waals surface area contributed by atoms with Crippen LogP contribution in [-0.4, -0.2) is 22.0 Å². The number of aromatic nitrogens is 2. The van der Waals surface area contributed by atoms with Crippen molar-refractivity contribution in [2.75, 3.05) is 0 Å². The maximum atomic E-state index is 12.4. The van der Waals surface area contributed by atoms with Crippen LogP contribution in [0.2, 0.25) is 0 Å². The summed E-state index contributed by atoms with van der Waals surface area (Å²) in [6, 6.07) is 7.75. The standard InChI is InChI=1S/C19H25N3O2/c1-3-16(24-17-11-7-4-8-13(17)2)19(23)20-12-18-21-14-9-5-6-10-15(14)22-18/h4,7-8,11,16H,3,5-6,9-10,12H2,1-2H3,(H,20,23)(H,21,22).